The molecular weight excluding hydrogens is 1370 g/mol. The number of aryl methyl sites for hydroxylation is 2. The summed E-state index contributed by atoms with van der Waals surface area (Å²) in [5, 5.41) is 11.5. The lowest BCUT2D eigenvalue weighted by Crippen LogP contribution is -2.54. The van der Waals surface area contributed by atoms with Crippen LogP contribution in [0.2, 0.25) is 0 Å². The van der Waals surface area contributed by atoms with Gasteiger partial charge in [-0.1, -0.05) is 29.3 Å². The summed E-state index contributed by atoms with van der Waals surface area (Å²) in [6.07, 6.45) is -11.7. The minimum Gasteiger partial charge on any atom is -0.493 e. The van der Waals surface area contributed by atoms with Crippen molar-refractivity contribution in [2.24, 2.45) is 0 Å². The lowest BCUT2D eigenvalue weighted by atomic mass is 9.72. The maximum atomic E-state index is 14.6. The van der Waals surface area contributed by atoms with Gasteiger partial charge in [0.15, 0.2) is 0 Å². The van der Waals surface area contributed by atoms with E-state index in [1.54, 1.807) is 60.7 Å². The normalized spacial score (nSPS) is 14.3. The number of anilines is 2. The zero-order valence-electron chi connectivity index (χ0n) is 52.5. The van der Waals surface area contributed by atoms with Gasteiger partial charge in [-0.3, -0.25) is 52.7 Å². The highest BCUT2D eigenvalue weighted by molar-refractivity contribution is 7.94. The molecule has 0 saturated carbocycles. The van der Waals surface area contributed by atoms with Crippen LogP contribution in [0.4, 0.5) is 37.7 Å². The molecule has 516 valence electrons. The van der Waals surface area contributed by atoms with E-state index in [9.17, 15) is 73.1 Å². The minimum atomic E-state index is -5.85. The summed E-state index contributed by atoms with van der Waals surface area (Å²) in [7, 11) is -1.53. The van der Waals surface area contributed by atoms with Gasteiger partial charge in [0.2, 0.25) is 5.41 Å². The number of benzene rings is 8. The largest absolute Gasteiger partial charge is 0.493 e. The van der Waals surface area contributed by atoms with Crippen LogP contribution < -0.4 is 33.5 Å². The first-order valence-electron chi connectivity index (χ1n) is 29.8. The molecular formula is C69H52F6N4O19S2. The van der Waals surface area contributed by atoms with Crippen LogP contribution in [-0.2, 0) is 24.9 Å². The Balaban J connectivity index is 0.000000225. The van der Waals surface area contributed by atoms with Crippen LogP contribution >= 0.6 is 12.0 Å². The molecule has 8 amide bonds. The summed E-state index contributed by atoms with van der Waals surface area (Å²) in [5.41, 5.74) is -4.06. The second kappa shape index (κ2) is 27.7. The van der Waals surface area contributed by atoms with Crippen molar-refractivity contribution < 1.29 is 116 Å². The van der Waals surface area contributed by atoms with E-state index in [4.69, 9.17) is 33.5 Å². The second-order valence-electron chi connectivity index (χ2n) is 22.7. The average molecular weight is 1420 g/mol. The zero-order valence-corrected chi connectivity index (χ0v) is 54.1. The number of amides is 8. The molecule has 100 heavy (non-hydrogen) atoms. The van der Waals surface area contributed by atoms with Crippen molar-refractivity contribution in [2.75, 3.05) is 48.6 Å². The number of alkyl halides is 6. The fourth-order valence-corrected chi connectivity index (χ4v) is 12.1. The number of carbonyl (C=O) groups is 8. The van der Waals surface area contributed by atoms with E-state index in [1.165, 1.54) is 88.6 Å². The number of carbonyl (C=O) groups excluding carboxylic acids is 8. The maximum absolute atomic E-state index is 14.6. The van der Waals surface area contributed by atoms with Gasteiger partial charge in [-0.25, -0.2) is 15.1 Å². The van der Waals surface area contributed by atoms with Crippen LogP contribution in [0.3, 0.4) is 0 Å². The smallest absolute Gasteiger partial charge is 0.411 e. The molecule has 0 fully saturated rings. The Labute approximate surface area is 567 Å². The minimum absolute atomic E-state index is 0.0802. The van der Waals surface area contributed by atoms with Crippen LogP contribution in [0, 0.1) is 13.8 Å². The number of ether oxygens (including phenoxy) is 5. The van der Waals surface area contributed by atoms with Gasteiger partial charge in [0.1, 0.15) is 46.0 Å². The Hall–Kier alpha value is -11.0. The molecule has 0 saturated heterocycles. The molecule has 12 rings (SSSR count). The fourth-order valence-electron chi connectivity index (χ4n) is 11.3. The van der Waals surface area contributed by atoms with Gasteiger partial charge >= 0.3 is 12.4 Å². The van der Waals surface area contributed by atoms with Gasteiger partial charge in [0.25, 0.3) is 57.4 Å². The fraction of sp³-hybridized carbons (Fsp3) is 0.188. The predicted molar refractivity (Wildman–Crippen MR) is 343 cm³/mol. The maximum Gasteiger partial charge on any atom is 0.411 e. The number of halogens is 6. The van der Waals surface area contributed by atoms with Gasteiger partial charge in [-0.2, -0.15) is 34.8 Å². The third-order valence-corrected chi connectivity index (χ3v) is 17.8. The van der Waals surface area contributed by atoms with Gasteiger partial charge in [0, 0.05) is 31.9 Å². The number of nitrogens with zero attached hydrogens (tertiary/aromatic N) is 4. The molecule has 2 N–H and O–H groups in total. The monoisotopic (exact) mass is 1420 g/mol. The van der Waals surface area contributed by atoms with E-state index in [2.05, 4.69) is 9.37 Å². The van der Waals surface area contributed by atoms with E-state index < -0.39 is 92.0 Å². The zero-order chi connectivity index (χ0) is 71.9. The van der Waals surface area contributed by atoms with Crippen LogP contribution in [0.15, 0.2) is 158 Å². The van der Waals surface area contributed by atoms with Crippen LogP contribution in [0.25, 0.3) is 0 Å². The highest BCUT2D eigenvalue weighted by Crippen LogP contribution is 2.57. The molecule has 0 radical (unpaired) electrons. The molecule has 0 aromatic heterocycles. The average Bonchev–Trinajstić information content (AvgIpc) is 1.15. The van der Waals surface area contributed by atoms with Gasteiger partial charge in [-0.05, 0) is 182 Å². The first kappa shape index (κ1) is 70.4. The molecule has 23 nitrogen and oxygen atoms in total. The van der Waals surface area contributed by atoms with Crippen molar-refractivity contribution in [3.63, 3.8) is 0 Å². The van der Waals surface area contributed by atoms with E-state index in [0.717, 1.165) is 37.8 Å². The number of rotatable bonds is 22. The van der Waals surface area contributed by atoms with E-state index in [0.29, 0.717) is 58.7 Å². The number of hydrogen-bond acceptors (Lipinski definition) is 19. The highest BCUT2D eigenvalue weighted by atomic mass is 32.2. The first-order chi connectivity index (χ1) is 47.4. The summed E-state index contributed by atoms with van der Waals surface area (Å²) in [6, 6.07) is 35.4. The molecule has 4 aliphatic rings. The van der Waals surface area contributed by atoms with E-state index >= 15 is 0 Å². The van der Waals surface area contributed by atoms with Crippen LogP contribution in [-0.4, -0.2) is 126 Å². The quantitative estimate of drug-likeness (QED) is 0.0121. The highest BCUT2D eigenvalue weighted by Gasteiger charge is 2.73. The van der Waals surface area contributed by atoms with E-state index in [-0.39, 0.29) is 116 Å². The predicted octanol–water partition coefficient (Wildman–Crippen LogP) is 13.3. The van der Waals surface area contributed by atoms with Crippen molar-refractivity contribution in [3.05, 3.63) is 224 Å². The second-order valence-corrected chi connectivity index (χ2v) is 25.1. The summed E-state index contributed by atoms with van der Waals surface area (Å²) in [5.74, 6) is -3.02. The Bertz CT molecular complexity index is 4580. The van der Waals surface area contributed by atoms with Crippen molar-refractivity contribution in [1.82, 2.24) is 9.80 Å². The molecule has 0 bridgehead atoms. The van der Waals surface area contributed by atoms with Gasteiger partial charge in [-0.15, -0.1) is 4.33 Å². The molecule has 0 spiro atoms. The lowest BCUT2D eigenvalue weighted by Gasteiger charge is -2.38. The molecule has 0 atom stereocenters. The van der Waals surface area contributed by atoms with Crippen LogP contribution in [0.5, 0.6) is 46.0 Å². The first-order valence-corrected chi connectivity index (χ1v) is 32.3. The van der Waals surface area contributed by atoms with Gasteiger partial charge in [0.05, 0.1) is 74.8 Å². The Morgan fingerprint density at radius 2 is 0.740 bits per heavy atom. The molecule has 8 aromatic rings. The molecule has 4 heterocycles. The molecule has 31 heteroatoms. The summed E-state index contributed by atoms with van der Waals surface area (Å²) in [6.45, 7) is 2.40. The summed E-state index contributed by atoms with van der Waals surface area (Å²) >= 11 is 0.711. The van der Waals surface area contributed by atoms with Crippen molar-refractivity contribution in [1.29, 1.82) is 0 Å². The Kier molecular flexibility index (Phi) is 19.5. The molecule has 0 unspecified atom stereocenters. The van der Waals surface area contributed by atoms with Gasteiger partial charge < -0.3 is 23.7 Å². The Morgan fingerprint density at radius 1 is 0.420 bits per heavy atom. The summed E-state index contributed by atoms with van der Waals surface area (Å²) in [4.78, 5) is 107. The summed E-state index contributed by atoms with van der Waals surface area (Å²) < 4.78 is 151. The van der Waals surface area contributed by atoms with Crippen LogP contribution in [0.1, 0.15) is 118 Å². The molecule has 0 aliphatic carbocycles. The molecule has 4 aliphatic heterocycles. The lowest BCUT2D eigenvalue weighted by molar-refractivity contribution is -0.432. The van der Waals surface area contributed by atoms with E-state index in [1.807, 2.05) is 0 Å². The van der Waals surface area contributed by atoms with Crippen molar-refractivity contribution in [2.45, 2.75) is 44.5 Å². The van der Waals surface area contributed by atoms with Crippen molar-refractivity contribution in [3.8, 4) is 46.0 Å². The number of imide groups is 4. The third kappa shape index (κ3) is 13.7. The SMILES string of the molecule is CN1C(=O)c2ccc(Oc3ccc4c(c3)C(=O)N(c3ccc(Oc5ccc(N6C(=O)c7ccc(Oc8ccc9c(c8)C(=O)N(C)C9=O)cc7C6=O)cc5)cc3)C4=O)cc2C1=O.Cc1ccc(C(c2ccc(C)c(OCCCS(=O)(=O)O)c2)(C(F)(F)F)C(F)(F)F)cc1OCCCSOOO. The molecule has 8 aromatic carbocycles. The number of fused-ring (bicyclic) bond motifs is 4. The number of hydrogen-bond donors (Lipinski definition) is 2. The third-order valence-electron chi connectivity index (χ3n) is 16.3. The Morgan fingerprint density at radius 3 is 1.10 bits per heavy atom. The van der Waals surface area contributed by atoms with Crippen molar-refractivity contribution >= 4 is 80.8 Å². The topological polar surface area (TPSA) is 289 Å². The standard InChI is InChI=1S/C46H26N4O11.C23H26F6O8S2/c1-47-39(51)31-15-11-27(19-35(31)41(47)53)60-29-13-17-33-37(21-29)45(57)49(43(33)55)23-3-7-25(8-4-23)59-26-9-5-24(6-10-26)50-44(56)34-18-14-30(22-38(34)46(50)58)61-28-12-16-32-36(20-28)42(54)48(2)40(32)52;1-15-5-7-17(13-19(15)34-9-3-11-38-37-36-30)21(22(24,25)26,23(27,28)29)18-8-6-16(2)20(14-18)35-10-4-12-39(31,32)33/h3-22H,1-2H3;5-8,13-14,30H,3-4,9-12H2,1-2H3,(H,31,32,33).